The van der Waals surface area contributed by atoms with Crippen LogP contribution in [-0.2, 0) is 22.4 Å². The minimum Gasteiger partial charge on any atom is -0.487 e. The normalized spacial score (nSPS) is 14.4. The van der Waals surface area contributed by atoms with Gasteiger partial charge in [-0.25, -0.2) is 4.79 Å². The van der Waals surface area contributed by atoms with Crippen LogP contribution in [-0.4, -0.2) is 36.6 Å². The lowest BCUT2D eigenvalue weighted by Crippen LogP contribution is -2.34. The van der Waals surface area contributed by atoms with E-state index in [9.17, 15) is 9.59 Å². The quantitative estimate of drug-likeness (QED) is 0.576. The third kappa shape index (κ3) is 4.80. The molecule has 1 N–H and O–H groups in total. The van der Waals surface area contributed by atoms with Crippen LogP contribution in [0.25, 0.3) is 11.1 Å². The molecule has 0 unspecified atom stereocenters. The number of aryl methyl sites for hydroxylation is 2. The maximum absolute atomic E-state index is 12.3. The van der Waals surface area contributed by atoms with Crippen molar-refractivity contribution in [3.05, 3.63) is 83.2 Å². The van der Waals surface area contributed by atoms with Crippen LogP contribution in [0.15, 0.2) is 60.9 Å². The highest BCUT2D eigenvalue weighted by Crippen LogP contribution is 2.41. The summed E-state index contributed by atoms with van der Waals surface area (Å²) < 4.78 is 11.2. The first-order valence-electron chi connectivity index (χ1n) is 10.7. The van der Waals surface area contributed by atoms with Crippen molar-refractivity contribution in [1.82, 2.24) is 10.3 Å². The minimum absolute atomic E-state index is 0.0131. The fourth-order valence-electron chi connectivity index (χ4n) is 4.03. The van der Waals surface area contributed by atoms with E-state index in [0.29, 0.717) is 31.4 Å². The number of pyridine rings is 1. The molecule has 164 valence electrons. The number of hydrogen-bond acceptors (Lipinski definition) is 5. The Morgan fingerprint density at radius 3 is 2.78 bits per heavy atom. The number of carbonyl (C=O) groups is 2. The van der Waals surface area contributed by atoms with Crippen LogP contribution in [0, 0.1) is 6.92 Å². The van der Waals surface area contributed by atoms with Crippen LogP contribution in [0.1, 0.15) is 33.5 Å². The van der Waals surface area contributed by atoms with E-state index in [1.807, 2.05) is 43.3 Å². The first-order chi connectivity index (χ1) is 15.5. The first kappa shape index (κ1) is 21.6. The molecule has 2 heterocycles. The molecule has 1 aliphatic heterocycles. The highest BCUT2D eigenvalue weighted by Gasteiger charge is 2.28. The summed E-state index contributed by atoms with van der Waals surface area (Å²) in [5, 5.41) is 2.98. The zero-order valence-electron chi connectivity index (χ0n) is 18.3. The van der Waals surface area contributed by atoms with Crippen molar-refractivity contribution in [2.24, 2.45) is 0 Å². The van der Waals surface area contributed by atoms with Crippen molar-refractivity contribution in [3.63, 3.8) is 0 Å². The van der Waals surface area contributed by atoms with Crippen LogP contribution in [0.4, 0.5) is 0 Å². The van der Waals surface area contributed by atoms with Crippen LogP contribution < -0.4 is 10.1 Å². The summed E-state index contributed by atoms with van der Waals surface area (Å²) in [5.41, 5.74) is 5.35. The topological polar surface area (TPSA) is 77.5 Å². The van der Waals surface area contributed by atoms with Gasteiger partial charge in [-0.15, -0.1) is 0 Å². The molecule has 0 saturated heterocycles. The molecule has 1 amide bonds. The van der Waals surface area contributed by atoms with Crippen molar-refractivity contribution < 1.29 is 19.1 Å². The van der Waals surface area contributed by atoms with E-state index < -0.39 is 0 Å². The van der Waals surface area contributed by atoms with Crippen molar-refractivity contribution in [1.29, 1.82) is 0 Å². The first-order valence-corrected chi connectivity index (χ1v) is 10.7. The molecule has 2 aromatic carbocycles. The number of ether oxygens (including phenoxy) is 2. The Balaban J connectivity index is 1.45. The number of benzene rings is 2. The lowest BCUT2D eigenvalue weighted by atomic mass is 9.94. The van der Waals surface area contributed by atoms with Crippen molar-refractivity contribution in [2.75, 3.05) is 13.7 Å². The fraction of sp³-hybridized carbons (Fsp3) is 0.269. The number of nitrogens with zero attached hydrogens (tertiary/aromatic N) is 1. The number of rotatable bonds is 7. The fourth-order valence-corrected chi connectivity index (χ4v) is 4.03. The zero-order valence-corrected chi connectivity index (χ0v) is 18.3. The Kier molecular flexibility index (Phi) is 6.50. The summed E-state index contributed by atoms with van der Waals surface area (Å²) in [6.45, 7) is 2.45. The monoisotopic (exact) mass is 430 g/mol. The summed E-state index contributed by atoms with van der Waals surface area (Å²) in [6.07, 6.45) is 5.10. The van der Waals surface area contributed by atoms with Crippen LogP contribution in [0.3, 0.4) is 0 Å². The standard InChI is InChI=1S/C26H26N2O4/c1-17-12-19-14-20(16-28-24(29)10-9-18-6-5-11-27-15-18)32-25(19)23(13-17)21-7-3-4-8-22(21)26(30)31-2/h3-8,11-13,15,20H,9-10,14,16H2,1-2H3,(H,28,29)/t20-/m1/s1. The molecular weight excluding hydrogens is 404 g/mol. The second kappa shape index (κ2) is 9.64. The second-order valence-electron chi connectivity index (χ2n) is 7.95. The molecule has 1 aromatic heterocycles. The van der Waals surface area contributed by atoms with Gasteiger partial charge in [0.15, 0.2) is 0 Å². The molecule has 0 saturated carbocycles. The third-order valence-corrected chi connectivity index (χ3v) is 5.56. The number of amides is 1. The van der Waals surface area contributed by atoms with Crippen LogP contribution >= 0.6 is 0 Å². The summed E-state index contributed by atoms with van der Waals surface area (Å²) in [6, 6.07) is 15.3. The lowest BCUT2D eigenvalue weighted by molar-refractivity contribution is -0.121. The average molecular weight is 431 g/mol. The SMILES string of the molecule is COC(=O)c1ccccc1-c1cc(C)cc2c1O[C@@H](CNC(=O)CCc1cccnc1)C2. The highest BCUT2D eigenvalue weighted by molar-refractivity contribution is 5.98. The molecule has 0 spiro atoms. The predicted octanol–water partition coefficient (Wildman–Crippen LogP) is 3.90. The number of fused-ring (bicyclic) bond motifs is 1. The van der Waals surface area contributed by atoms with Gasteiger partial charge in [0.2, 0.25) is 5.91 Å². The average Bonchev–Trinajstić information content (AvgIpc) is 3.23. The summed E-state index contributed by atoms with van der Waals surface area (Å²) in [7, 11) is 1.38. The van der Waals surface area contributed by atoms with Crippen molar-refractivity contribution >= 4 is 11.9 Å². The largest absolute Gasteiger partial charge is 0.487 e. The number of methoxy groups -OCH3 is 1. The summed E-state index contributed by atoms with van der Waals surface area (Å²) in [4.78, 5) is 28.7. The maximum atomic E-state index is 12.3. The molecule has 0 radical (unpaired) electrons. The Morgan fingerprint density at radius 1 is 1.16 bits per heavy atom. The number of aromatic nitrogens is 1. The van der Waals surface area contributed by atoms with Gasteiger partial charge >= 0.3 is 5.97 Å². The van der Waals surface area contributed by atoms with E-state index in [-0.39, 0.29) is 18.0 Å². The van der Waals surface area contributed by atoms with Gasteiger partial charge in [-0.05, 0) is 53.8 Å². The molecule has 0 fully saturated rings. The van der Waals surface area contributed by atoms with Gasteiger partial charge in [0.25, 0.3) is 0 Å². The van der Waals surface area contributed by atoms with Gasteiger partial charge in [-0.1, -0.05) is 30.3 Å². The Morgan fingerprint density at radius 2 is 2.00 bits per heavy atom. The molecule has 4 rings (SSSR count). The highest BCUT2D eigenvalue weighted by atomic mass is 16.5. The number of hydrogen-bond donors (Lipinski definition) is 1. The van der Waals surface area contributed by atoms with E-state index in [1.165, 1.54) is 7.11 Å². The molecule has 0 bridgehead atoms. The number of nitrogens with one attached hydrogen (secondary N) is 1. The predicted molar refractivity (Wildman–Crippen MR) is 122 cm³/mol. The Hall–Kier alpha value is -3.67. The maximum Gasteiger partial charge on any atom is 0.338 e. The van der Waals surface area contributed by atoms with Crippen LogP contribution in [0.5, 0.6) is 5.75 Å². The van der Waals surface area contributed by atoms with E-state index in [1.54, 1.807) is 18.5 Å². The van der Waals surface area contributed by atoms with Gasteiger partial charge in [0.05, 0.1) is 19.2 Å². The number of carbonyl (C=O) groups excluding carboxylic acids is 2. The second-order valence-corrected chi connectivity index (χ2v) is 7.95. The third-order valence-electron chi connectivity index (χ3n) is 5.56. The summed E-state index contributed by atoms with van der Waals surface area (Å²) in [5.74, 6) is 0.369. The van der Waals surface area contributed by atoms with Gasteiger partial charge in [-0.2, -0.15) is 0 Å². The number of esters is 1. The Bertz CT molecular complexity index is 1130. The molecule has 0 aliphatic carbocycles. The molecular formula is C26H26N2O4. The molecule has 6 nitrogen and oxygen atoms in total. The molecule has 3 aromatic rings. The zero-order chi connectivity index (χ0) is 22.5. The molecule has 32 heavy (non-hydrogen) atoms. The molecule has 6 heteroatoms. The van der Waals surface area contributed by atoms with E-state index in [2.05, 4.69) is 16.4 Å². The Labute approximate surface area is 187 Å². The van der Waals surface area contributed by atoms with Gasteiger partial charge < -0.3 is 14.8 Å². The lowest BCUT2D eigenvalue weighted by Gasteiger charge is -2.15. The smallest absolute Gasteiger partial charge is 0.338 e. The van der Waals surface area contributed by atoms with Crippen molar-refractivity contribution in [3.8, 4) is 16.9 Å². The van der Waals surface area contributed by atoms with Gasteiger partial charge in [0.1, 0.15) is 11.9 Å². The van der Waals surface area contributed by atoms with E-state index in [0.717, 1.165) is 33.6 Å². The summed E-state index contributed by atoms with van der Waals surface area (Å²) >= 11 is 0. The molecule has 1 atom stereocenters. The van der Waals surface area contributed by atoms with Crippen LogP contribution in [0.2, 0.25) is 0 Å². The van der Waals surface area contributed by atoms with E-state index >= 15 is 0 Å². The van der Waals surface area contributed by atoms with Gasteiger partial charge in [0, 0.05) is 30.8 Å². The van der Waals surface area contributed by atoms with E-state index in [4.69, 9.17) is 9.47 Å². The van der Waals surface area contributed by atoms with Crippen molar-refractivity contribution in [2.45, 2.75) is 32.3 Å². The van der Waals surface area contributed by atoms with Gasteiger partial charge in [-0.3, -0.25) is 9.78 Å². The minimum atomic E-state index is -0.383. The molecule has 1 aliphatic rings.